The van der Waals surface area contributed by atoms with Crippen LogP contribution in [-0.2, 0) is 10.1 Å². The molecule has 0 heterocycles. The standard InChI is InChI=1S/C10H10O3S.Al/c1-3-8(2)9-4-6-10(7-5-9)14(11,12)13;/h3-7H,1-2H2,(H,11,12,13);. The first-order chi connectivity index (χ1) is 6.45. The van der Waals surface area contributed by atoms with Crippen LogP contribution in [0.1, 0.15) is 5.56 Å². The molecule has 0 fully saturated rings. The average molecular weight is 237 g/mol. The van der Waals surface area contributed by atoms with E-state index in [0.29, 0.717) is 5.57 Å². The quantitative estimate of drug-likeness (QED) is 0.495. The Morgan fingerprint density at radius 2 is 1.73 bits per heavy atom. The minimum absolute atomic E-state index is 0. The van der Waals surface area contributed by atoms with Crippen LogP contribution in [0.3, 0.4) is 0 Å². The van der Waals surface area contributed by atoms with E-state index in [1.165, 1.54) is 12.1 Å². The summed E-state index contributed by atoms with van der Waals surface area (Å²) in [5, 5.41) is 0. The lowest BCUT2D eigenvalue weighted by atomic mass is 10.1. The number of allylic oxidation sites excluding steroid dienone is 2. The molecule has 5 heteroatoms. The molecule has 0 saturated heterocycles. The van der Waals surface area contributed by atoms with Gasteiger partial charge in [0.05, 0.1) is 4.90 Å². The normalized spacial score (nSPS) is 10.2. The second-order valence-electron chi connectivity index (χ2n) is 2.73. The maximum absolute atomic E-state index is 10.7. The van der Waals surface area contributed by atoms with E-state index in [1.807, 2.05) is 0 Å². The van der Waals surface area contributed by atoms with E-state index in [-0.39, 0.29) is 22.3 Å². The lowest BCUT2D eigenvalue weighted by molar-refractivity contribution is 0.483. The summed E-state index contributed by atoms with van der Waals surface area (Å²) in [6.45, 7) is 7.25. The van der Waals surface area contributed by atoms with Crippen molar-refractivity contribution in [3.8, 4) is 0 Å². The first-order valence-electron chi connectivity index (χ1n) is 3.84. The Labute approximate surface area is 100 Å². The van der Waals surface area contributed by atoms with Gasteiger partial charge >= 0.3 is 0 Å². The third-order valence-corrected chi connectivity index (χ3v) is 2.64. The van der Waals surface area contributed by atoms with Crippen LogP contribution in [0.5, 0.6) is 0 Å². The molecule has 0 spiro atoms. The smallest absolute Gasteiger partial charge is 0.282 e. The average Bonchev–Trinajstić information content (AvgIpc) is 2.15. The summed E-state index contributed by atoms with van der Waals surface area (Å²) < 4.78 is 30.1. The molecule has 1 aromatic rings. The van der Waals surface area contributed by atoms with Gasteiger partial charge in [0.1, 0.15) is 0 Å². The Kier molecular flexibility index (Phi) is 4.99. The Bertz CT molecular complexity index is 460. The predicted molar refractivity (Wildman–Crippen MR) is 61.2 cm³/mol. The molecule has 0 unspecified atom stereocenters. The number of hydrogen-bond acceptors (Lipinski definition) is 2. The van der Waals surface area contributed by atoms with Crippen molar-refractivity contribution in [2.75, 3.05) is 0 Å². The van der Waals surface area contributed by atoms with Crippen LogP contribution in [0.4, 0.5) is 0 Å². The zero-order chi connectivity index (χ0) is 10.8. The van der Waals surface area contributed by atoms with Crippen molar-refractivity contribution in [2.45, 2.75) is 4.90 Å². The Morgan fingerprint density at radius 3 is 2.07 bits per heavy atom. The summed E-state index contributed by atoms with van der Waals surface area (Å²) in [4.78, 5) is -0.127. The van der Waals surface area contributed by atoms with E-state index < -0.39 is 10.1 Å². The third kappa shape index (κ3) is 3.65. The molecular formula is C10H10AlO3S. The molecule has 0 bridgehead atoms. The van der Waals surface area contributed by atoms with Gasteiger partial charge in [0.25, 0.3) is 10.1 Å². The lowest BCUT2D eigenvalue weighted by Crippen LogP contribution is -1.97. The lowest BCUT2D eigenvalue weighted by Gasteiger charge is -2.01. The minimum Gasteiger partial charge on any atom is -0.282 e. The first kappa shape index (κ1) is 14.1. The summed E-state index contributed by atoms with van der Waals surface area (Å²) in [6.07, 6.45) is 1.57. The van der Waals surface area contributed by atoms with Gasteiger partial charge in [0, 0.05) is 17.4 Å². The first-order valence-corrected chi connectivity index (χ1v) is 5.28. The van der Waals surface area contributed by atoms with E-state index in [0.717, 1.165) is 5.56 Å². The maximum Gasteiger partial charge on any atom is 0.294 e. The Hall–Kier alpha value is -0.858. The van der Waals surface area contributed by atoms with Crippen molar-refractivity contribution < 1.29 is 13.0 Å². The summed E-state index contributed by atoms with van der Waals surface area (Å²) in [6, 6.07) is 5.76. The van der Waals surface area contributed by atoms with Crippen LogP contribution in [0.25, 0.3) is 5.57 Å². The van der Waals surface area contributed by atoms with Crippen molar-refractivity contribution in [1.82, 2.24) is 0 Å². The highest BCUT2D eigenvalue weighted by atomic mass is 32.2. The molecule has 0 aliphatic heterocycles. The molecule has 0 amide bonds. The molecule has 0 aliphatic carbocycles. The van der Waals surface area contributed by atoms with Crippen LogP contribution < -0.4 is 0 Å². The van der Waals surface area contributed by atoms with Crippen LogP contribution in [0, 0.1) is 0 Å². The highest BCUT2D eigenvalue weighted by molar-refractivity contribution is 7.85. The summed E-state index contributed by atoms with van der Waals surface area (Å²) >= 11 is 0. The molecule has 77 valence electrons. The summed E-state index contributed by atoms with van der Waals surface area (Å²) in [7, 11) is -4.11. The second kappa shape index (κ2) is 5.29. The molecule has 0 saturated carbocycles. The van der Waals surface area contributed by atoms with Gasteiger partial charge in [-0.3, -0.25) is 4.55 Å². The Morgan fingerprint density at radius 1 is 1.27 bits per heavy atom. The van der Waals surface area contributed by atoms with Crippen molar-refractivity contribution >= 4 is 33.1 Å². The van der Waals surface area contributed by atoms with Crippen molar-refractivity contribution in [3.63, 3.8) is 0 Å². The SMILES string of the molecule is C=CC(=C)c1ccc(S(=O)(=O)O)cc1.[Al]. The topological polar surface area (TPSA) is 54.4 Å². The van der Waals surface area contributed by atoms with E-state index in [1.54, 1.807) is 18.2 Å². The fourth-order valence-corrected chi connectivity index (χ4v) is 1.44. The molecule has 1 N–H and O–H groups in total. The zero-order valence-electron chi connectivity index (χ0n) is 8.05. The van der Waals surface area contributed by atoms with Crippen molar-refractivity contribution in [3.05, 3.63) is 49.1 Å². The fraction of sp³-hybridized carbons (Fsp3) is 0. The molecule has 0 aliphatic rings. The Balaban J connectivity index is 0.00000196. The molecule has 3 nitrogen and oxygen atoms in total. The number of benzene rings is 1. The van der Waals surface area contributed by atoms with Gasteiger partial charge in [-0.15, -0.1) is 0 Å². The fourth-order valence-electron chi connectivity index (χ4n) is 0.959. The molecule has 0 aromatic heterocycles. The van der Waals surface area contributed by atoms with Gasteiger partial charge < -0.3 is 0 Å². The molecule has 15 heavy (non-hydrogen) atoms. The van der Waals surface area contributed by atoms with Crippen LogP contribution >= 0.6 is 0 Å². The minimum atomic E-state index is -4.11. The molecule has 0 atom stereocenters. The van der Waals surface area contributed by atoms with Crippen LogP contribution in [0.2, 0.25) is 0 Å². The van der Waals surface area contributed by atoms with E-state index in [2.05, 4.69) is 13.2 Å². The number of hydrogen-bond donors (Lipinski definition) is 1. The molecule has 3 radical (unpaired) electrons. The monoisotopic (exact) mass is 237 g/mol. The summed E-state index contributed by atoms with van der Waals surface area (Å²) in [5.74, 6) is 0. The highest BCUT2D eigenvalue weighted by Gasteiger charge is 2.08. The van der Waals surface area contributed by atoms with E-state index >= 15 is 0 Å². The van der Waals surface area contributed by atoms with Gasteiger partial charge in [0.2, 0.25) is 0 Å². The largest absolute Gasteiger partial charge is 0.294 e. The van der Waals surface area contributed by atoms with Gasteiger partial charge in [-0.1, -0.05) is 31.4 Å². The molecule has 1 aromatic carbocycles. The second-order valence-corrected chi connectivity index (χ2v) is 4.15. The number of rotatable bonds is 3. The van der Waals surface area contributed by atoms with Crippen LogP contribution in [-0.4, -0.2) is 30.3 Å². The predicted octanol–water partition coefficient (Wildman–Crippen LogP) is 1.75. The summed E-state index contributed by atoms with van der Waals surface area (Å²) in [5.41, 5.74) is 1.47. The molecule has 1 rings (SSSR count). The van der Waals surface area contributed by atoms with Gasteiger partial charge in [-0.2, -0.15) is 8.42 Å². The molecular weight excluding hydrogens is 227 g/mol. The highest BCUT2D eigenvalue weighted by Crippen LogP contribution is 2.16. The van der Waals surface area contributed by atoms with Crippen molar-refractivity contribution in [2.24, 2.45) is 0 Å². The zero-order valence-corrected chi connectivity index (χ0v) is 10.0. The van der Waals surface area contributed by atoms with Gasteiger partial charge in [-0.25, -0.2) is 0 Å². The van der Waals surface area contributed by atoms with E-state index in [9.17, 15) is 8.42 Å². The third-order valence-electron chi connectivity index (χ3n) is 1.77. The maximum atomic E-state index is 10.7. The van der Waals surface area contributed by atoms with E-state index in [4.69, 9.17) is 4.55 Å². The van der Waals surface area contributed by atoms with Gasteiger partial charge in [-0.05, 0) is 23.3 Å². The van der Waals surface area contributed by atoms with Crippen molar-refractivity contribution in [1.29, 1.82) is 0 Å². The van der Waals surface area contributed by atoms with Gasteiger partial charge in [0.15, 0.2) is 0 Å². The van der Waals surface area contributed by atoms with Crippen LogP contribution in [0.15, 0.2) is 48.4 Å².